The molecule has 0 saturated heterocycles. The fourth-order valence-corrected chi connectivity index (χ4v) is 4.19. The van der Waals surface area contributed by atoms with E-state index in [1.165, 1.54) is 0 Å². The number of H-pyrrole nitrogens is 1. The zero-order valence-electron chi connectivity index (χ0n) is 18.9. The Bertz CT molecular complexity index is 1130. The number of phenolic OH excluding ortho intramolecular Hbond substituents is 1. The Morgan fingerprint density at radius 2 is 1.97 bits per heavy atom. The van der Waals surface area contributed by atoms with Gasteiger partial charge in [0.15, 0.2) is 11.5 Å². The van der Waals surface area contributed by atoms with Crippen molar-refractivity contribution in [2.45, 2.75) is 32.2 Å². The minimum Gasteiger partial charge on any atom is -0.507 e. The van der Waals surface area contributed by atoms with Gasteiger partial charge in [-0.25, -0.2) is 0 Å². The minimum absolute atomic E-state index is 0.0253. The zero-order chi connectivity index (χ0) is 23.4. The third-order valence-electron chi connectivity index (χ3n) is 5.84. The number of aromatic nitrogens is 2. The summed E-state index contributed by atoms with van der Waals surface area (Å²) >= 11 is 0. The molecule has 0 bridgehead atoms. The molecule has 4 rings (SSSR count). The summed E-state index contributed by atoms with van der Waals surface area (Å²) in [6, 6.07) is 12.1. The van der Waals surface area contributed by atoms with Crippen LogP contribution in [0.4, 0.5) is 0 Å². The average Bonchev–Trinajstić information content (AvgIpc) is 3.37. The molecular weight excluding hydrogens is 422 g/mol. The lowest BCUT2D eigenvalue weighted by Gasteiger charge is -2.27. The minimum atomic E-state index is -0.453. The molecule has 3 N–H and O–H groups in total. The molecule has 1 aromatic heterocycles. The average molecular weight is 452 g/mol. The van der Waals surface area contributed by atoms with Crippen LogP contribution >= 0.6 is 0 Å². The van der Waals surface area contributed by atoms with Crippen molar-refractivity contribution in [3.8, 4) is 28.5 Å². The first-order valence-corrected chi connectivity index (χ1v) is 11.2. The maximum Gasteiger partial charge on any atom is 0.273 e. The summed E-state index contributed by atoms with van der Waals surface area (Å²) in [5.74, 6) is 1.12. The van der Waals surface area contributed by atoms with Gasteiger partial charge in [0.2, 0.25) is 0 Å². The van der Waals surface area contributed by atoms with E-state index in [1.54, 1.807) is 30.2 Å². The number of aromatic hydroxyl groups is 1. The number of benzene rings is 2. The number of aliphatic hydroxyl groups excluding tert-OH is 1. The summed E-state index contributed by atoms with van der Waals surface area (Å²) in [6.07, 6.45) is 2.42. The highest BCUT2D eigenvalue weighted by molar-refractivity contribution is 6.00. The first-order valence-electron chi connectivity index (χ1n) is 11.2. The summed E-state index contributed by atoms with van der Waals surface area (Å²) < 4.78 is 11.5. The topological polar surface area (TPSA) is 108 Å². The molecule has 0 fully saturated rings. The van der Waals surface area contributed by atoms with E-state index in [9.17, 15) is 15.0 Å². The number of ether oxygens (including phenoxy) is 2. The van der Waals surface area contributed by atoms with Crippen LogP contribution in [0.25, 0.3) is 11.3 Å². The van der Waals surface area contributed by atoms with Gasteiger partial charge in [-0.3, -0.25) is 9.89 Å². The highest BCUT2D eigenvalue weighted by atomic mass is 16.5. The lowest BCUT2D eigenvalue weighted by atomic mass is 9.95. The van der Waals surface area contributed by atoms with Crippen LogP contribution in [0.1, 0.15) is 53.8 Å². The predicted octanol–water partition coefficient (Wildman–Crippen LogP) is 3.90. The number of amides is 1. The van der Waals surface area contributed by atoms with Gasteiger partial charge in [0, 0.05) is 24.3 Å². The number of rotatable bonds is 10. The van der Waals surface area contributed by atoms with Crippen molar-refractivity contribution < 1.29 is 24.5 Å². The number of unbranched alkanes of at least 4 members (excludes halogenated alkanes) is 1. The second-order valence-corrected chi connectivity index (χ2v) is 7.97. The van der Waals surface area contributed by atoms with Gasteiger partial charge in [-0.15, -0.1) is 0 Å². The molecule has 0 radical (unpaired) electrons. The van der Waals surface area contributed by atoms with Crippen LogP contribution in [0, 0.1) is 0 Å². The number of aliphatic hydroxyl groups is 1. The number of hydrogen-bond acceptors (Lipinski definition) is 6. The number of nitrogens with one attached hydrogen (secondary N) is 1. The molecule has 1 amide bonds. The maximum absolute atomic E-state index is 13.3. The molecule has 8 heteroatoms. The molecule has 8 nitrogen and oxygen atoms in total. The van der Waals surface area contributed by atoms with Gasteiger partial charge >= 0.3 is 0 Å². The predicted molar refractivity (Wildman–Crippen MR) is 124 cm³/mol. The molecule has 1 aliphatic heterocycles. The van der Waals surface area contributed by atoms with Crippen LogP contribution in [0.5, 0.6) is 17.2 Å². The Balaban J connectivity index is 1.80. The first kappa shape index (κ1) is 22.7. The summed E-state index contributed by atoms with van der Waals surface area (Å²) in [5, 5.41) is 27.1. The summed E-state index contributed by atoms with van der Waals surface area (Å²) in [5.41, 5.74) is 2.98. The number of carbonyl (C=O) groups is 1. The third-order valence-corrected chi connectivity index (χ3v) is 5.84. The molecule has 1 atom stereocenters. The molecule has 0 aliphatic carbocycles. The number of carbonyl (C=O) groups excluding carboxylic acids is 1. The van der Waals surface area contributed by atoms with Crippen LogP contribution in [0.15, 0.2) is 42.5 Å². The van der Waals surface area contributed by atoms with Crippen LogP contribution in [0.2, 0.25) is 0 Å². The van der Waals surface area contributed by atoms with E-state index in [0.29, 0.717) is 53.6 Å². The number of nitrogens with zero attached hydrogens (tertiary/aromatic N) is 2. The number of aromatic amines is 1. The number of phenols is 1. The largest absolute Gasteiger partial charge is 0.507 e. The molecule has 0 saturated carbocycles. The lowest BCUT2D eigenvalue weighted by molar-refractivity contribution is 0.0732. The number of hydrogen-bond donors (Lipinski definition) is 3. The summed E-state index contributed by atoms with van der Waals surface area (Å²) in [6.45, 7) is 3.05. The molecule has 0 spiro atoms. The SMILES string of the molecule is CCCCOc1ccc([C@H]2c3c(-c4ccccc4O)n[nH]c3C(=O)N2CCCO)cc1OC. The van der Waals surface area contributed by atoms with E-state index >= 15 is 0 Å². The van der Waals surface area contributed by atoms with Crippen molar-refractivity contribution >= 4 is 5.91 Å². The Labute approximate surface area is 192 Å². The van der Waals surface area contributed by atoms with Crippen molar-refractivity contribution in [2.24, 2.45) is 0 Å². The van der Waals surface area contributed by atoms with Crippen molar-refractivity contribution in [1.29, 1.82) is 0 Å². The number of para-hydroxylation sites is 1. The fourth-order valence-electron chi connectivity index (χ4n) is 4.19. The molecule has 3 aromatic rings. The van der Waals surface area contributed by atoms with Crippen LogP contribution < -0.4 is 9.47 Å². The maximum atomic E-state index is 13.3. The Morgan fingerprint density at radius 1 is 1.15 bits per heavy atom. The summed E-state index contributed by atoms with van der Waals surface area (Å²) in [7, 11) is 1.59. The molecule has 174 valence electrons. The van der Waals surface area contributed by atoms with Crippen molar-refractivity contribution in [3.63, 3.8) is 0 Å². The lowest BCUT2D eigenvalue weighted by Crippen LogP contribution is -2.31. The van der Waals surface area contributed by atoms with Gasteiger partial charge in [-0.2, -0.15) is 5.10 Å². The highest BCUT2D eigenvalue weighted by Crippen LogP contribution is 2.45. The van der Waals surface area contributed by atoms with Gasteiger partial charge in [-0.05, 0) is 42.7 Å². The van der Waals surface area contributed by atoms with E-state index in [2.05, 4.69) is 17.1 Å². The van der Waals surface area contributed by atoms with Crippen molar-refractivity contribution in [3.05, 3.63) is 59.3 Å². The second kappa shape index (κ2) is 9.95. The van der Waals surface area contributed by atoms with Crippen molar-refractivity contribution in [2.75, 3.05) is 26.9 Å². The van der Waals surface area contributed by atoms with Gasteiger partial charge in [0.1, 0.15) is 17.1 Å². The van der Waals surface area contributed by atoms with Crippen LogP contribution in [0.3, 0.4) is 0 Å². The second-order valence-electron chi connectivity index (χ2n) is 7.97. The number of methoxy groups -OCH3 is 1. The van der Waals surface area contributed by atoms with E-state index in [4.69, 9.17) is 9.47 Å². The summed E-state index contributed by atoms with van der Waals surface area (Å²) in [4.78, 5) is 15.0. The van der Waals surface area contributed by atoms with E-state index in [0.717, 1.165) is 18.4 Å². The third kappa shape index (κ3) is 4.26. The van der Waals surface area contributed by atoms with Gasteiger partial charge in [0.25, 0.3) is 5.91 Å². The zero-order valence-corrected chi connectivity index (χ0v) is 18.9. The Kier molecular flexibility index (Phi) is 6.84. The quantitative estimate of drug-likeness (QED) is 0.404. The standard InChI is InChI=1S/C25H29N3O5/c1-3-4-14-33-19-11-10-16(15-20(19)32-2)24-21-22(17-8-5-6-9-18(17)30)26-27-23(21)25(31)28(24)12-7-13-29/h5-6,8-11,15,24,29-30H,3-4,7,12-14H2,1-2H3,(H,26,27)/t24-/m0/s1. The Hall–Kier alpha value is -3.52. The molecule has 2 aromatic carbocycles. The smallest absolute Gasteiger partial charge is 0.273 e. The molecular formula is C25H29N3O5. The van der Waals surface area contributed by atoms with E-state index in [1.807, 2.05) is 24.3 Å². The van der Waals surface area contributed by atoms with Gasteiger partial charge in [-0.1, -0.05) is 31.5 Å². The fraction of sp³-hybridized carbons (Fsp3) is 0.360. The molecule has 0 unspecified atom stereocenters. The first-order chi connectivity index (χ1) is 16.1. The van der Waals surface area contributed by atoms with E-state index < -0.39 is 6.04 Å². The van der Waals surface area contributed by atoms with E-state index in [-0.39, 0.29) is 18.3 Å². The van der Waals surface area contributed by atoms with Crippen LogP contribution in [-0.4, -0.2) is 58.1 Å². The van der Waals surface area contributed by atoms with Gasteiger partial charge < -0.3 is 24.6 Å². The van der Waals surface area contributed by atoms with Gasteiger partial charge in [0.05, 0.1) is 19.8 Å². The molecule has 2 heterocycles. The number of fused-ring (bicyclic) bond motifs is 1. The highest BCUT2D eigenvalue weighted by Gasteiger charge is 2.42. The molecule has 1 aliphatic rings. The van der Waals surface area contributed by atoms with Crippen molar-refractivity contribution in [1.82, 2.24) is 15.1 Å². The molecule has 33 heavy (non-hydrogen) atoms. The van der Waals surface area contributed by atoms with Crippen LogP contribution in [-0.2, 0) is 0 Å². The Morgan fingerprint density at radius 3 is 2.70 bits per heavy atom. The monoisotopic (exact) mass is 451 g/mol. The normalized spacial score (nSPS) is 15.1.